The van der Waals surface area contributed by atoms with Crippen molar-refractivity contribution in [3.63, 3.8) is 0 Å². The Balaban J connectivity index is 1.83. The lowest BCUT2D eigenvalue weighted by molar-refractivity contribution is 0.0949. The smallest absolute Gasteiger partial charge is 0.257 e. The summed E-state index contributed by atoms with van der Waals surface area (Å²) in [4.78, 5) is 16.6. The third kappa shape index (κ3) is 2.50. The van der Waals surface area contributed by atoms with Gasteiger partial charge in [0.1, 0.15) is 11.3 Å². The van der Waals surface area contributed by atoms with Gasteiger partial charge >= 0.3 is 0 Å². The van der Waals surface area contributed by atoms with Crippen molar-refractivity contribution < 1.29 is 9.32 Å². The summed E-state index contributed by atoms with van der Waals surface area (Å²) in [6.45, 7) is 3.90. The van der Waals surface area contributed by atoms with Gasteiger partial charge in [0.2, 0.25) is 0 Å². The quantitative estimate of drug-likeness (QED) is 0.801. The molecule has 1 amide bonds. The van der Waals surface area contributed by atoms with E-state index in [0.29, 0.717) is 23.6 Å². The Morgan fingerprint density at radius 3 is 2.81 bits per heavy atom. The molecule has 2 aromatic heterocycles. The summed E-state index contributed by atoms with van der Waals surface area (Å²) in [5, 5.41) is 7.75. The minimum absolute atomic E-state index is 0.181. The van der Waals surface area contributed by atoms with Gasteiger partial charge in [-0.2, -0.15) is 0 Å². The van der Waals surface area contributed by atoms with E-state index in [1.807, 2.05) is 30.3 Å². The number of hydrogen-bond donors (Lipinski definition) is 1. The summed E-state index contributed by atoms with van der Waals surface area (Å²) >= 11 is 0. The monoisotopic (exact) mass is 281 g/mol. The SMILES string of the molecule is Cc1noc(C)c1C(=O)NCc1cccc2cccnc12. The molecule has 2 heterocycles. The molecule has 3 aromatic rings. The summed E-state index contributed by atoms with van der Waals surface area (Å²) in [6.07, 6.45) is 1.75. The van der Waals surface area contributed by atoms with Gasteiger partial charge in [-0.25, -0.2) is 0 Å². The third-order valence-electron chi connectivity index (χ3n) is 3.42. The number of benzene rings is 1. The number of amides is 1. The van der Waals surface area contributed by atoms with Crippen LogP contribution in [0.25, 0.3) is 10.9 Å². The van der Waals surface area contributed by atoms with Crippen molar-refractivity contribution >= 4 is 16.8 Å². The number of nitrogens with one attached hydrogen (secondary N) is 1. The highest BCUT2D eigenvalue weighted by atomic mass is 16.5. The van der Waals surface area contributed by atoms with Gasteiger partial charge < -0.3 is 9.84 Å². The molecule has 0 saturated heterocycles. The Bertz CT molecular complexity index is 783. The predicted octanol–water partition coefficient (Wildman–Crippen LogP) is 2.77. The third-order valence-corrected chi connectivity index (χ3v) is 3.42. The number of hydrogen-bond acceptors (Lipinski definition) is 4. The second-order valence-corrected chi connectivity index (χ2v) is 4.87. The van der Waals surface area contributed by atoms with E-state index in [-0.39, 0.29) is 5.91 Å². The highest BCUT2D eigenvalue weighted by Gasteiger charge is 2.17. The van der Waals surface area contributed by atoms with Crippen molar-refractivity contribution in [2.24, 2.45) is 0 Å². The summed E-state index contributed by atoms with van der Waals surface area (Å²) in [5.41, 5.74) is 2.98. The van der Waals surface area contributed by atoms with E-state index < -0.39 is 0 Å². The molecule has 0 radical (unpaired) electrons. The van der Waals surface area contributed by atoms with Crippen LogP contribution in [-0.2, 0) is 6.54 Å². The fraction of sp³-hybridized carbons (Fsp3) is 0.188. The minimum Gasteiger partial charge on any atom is -0.361 e. The van der Waals surface area contributed by atoms with Gasteiger partial charge in [0.25, 0.3) is 5.91 Å². The first-order valence-corrected chi connectivity index (χ1v) is 6.70. The first kappa shape index (κ1) is 13.3. The van der Waals surface area contributed by atoms with Crippen LogP contribution in [0, 0.1) is 13.8 Å². The number of aryl methyl sites for hydroxylation is 2. The average Bonchev–Trinajstić information content (AvgIpc) is 2.84. The molecule has 0 atom stereocenters. The minimum atomic E-state index is -0.181. The van der Waals surface area contributed by atoms with Crippen LogP contribution in [0.3, 0.4) is 0 Å². The molecule has 3 rings (SSSR count). The van der Waals surface area contributed by atoms with Crippen molar-refractivity contribution in [3.8, 4) is 0 Å². The van der Waals surface area contributed by atoms with Gasteiger partial charge in [0.05, 0.1) is 11.2 Å². The van der Waals surface area contributed by atoms with E-state index in [9.17, 15) is 4.79 Å². The van der Waals surface area contributed by atoms with Crippen LogP contribution in [0.5, 0.6) is 0 Å². The second-order valence-electron chi connectivity index (χ2n) is 4.87. The molecule has 5 nitrogen and oxygen atoms in total. The topological polar surface area (TPSA) is 68.0 Å². The molecule has 0 aliphatic carbocycles. The molecular weight excluding hydrogens is 266 g/mol. The number of aromatic nitrogens is 2. The van der Waals surface area contributed by atoms with Crippen molar-refractivity contribution in [2.75, 3.05) is 0 Å². The van der Waals surface area contributed by atoms with Crippen LogP contribution in [0.2, 0.25) is 0 Å². The van der Waals surface area contributed by atoms with Crippen LogP contribution in [0.4, 0.5) is 0 Å². The van der Waals surface area contributed by atoms with Crippen LogP contribution >= 0.6 is 0 Å². The van der Waals surface area contributed by atoms with E-state index in [1.165, 1.54) is 0 Å². The van der Waals surface area contributed by atoms with E-state index in [2.05, 4.69) is 15.5 Å². The Labute approximate surface area is 122 Å². The number of carbonyl (C=O) groups excluding carboxylic acids is 1. The second kappa shape index (κ2) is 5.36. The number of pyridine rings is 1. The molecule has 1 aromatic carbocycles. The first-order valence-electron chi connectivity index (χ1n) is 6.70. The normalized spacial score (nSPS) is 10.8. The number of para-hydroxylation sites is 1. The molecular formula is C16H15N3O2. The Morgan fingerprint density at radius 2 is 2.05 bits per heavy atom. The molecule has 0 aliphatic heterocycles. The van der Waals surface area contributed by atoms with Crippen molar-refractivity contribution in [1.29, 1.82) is 0 Å². The van der Waals surface area contributed by atoms with Gasteiger partial charge in [-0.05, 0) is 25.5 Å². The van der Waals surface area contributed by atoms with Crippen LogP contribution in [0.15, 0.2) is 41.1 Å². The van der Waals surface area contributed by atoms with Gasteiger partial charge in [0.15, 0.2) is 0 Å². The Morgan fingerprint density at radius 1 is 1.24 bits per heavy atom. The zero-order chi connectivity index (χ0) is 14.8. The van der Waals surface area contributed by atoms with Gasteiger partial charge in [-0.15, -0.1) is 0 Å². The fourth-order valence-corrected chi connectivity index (χ4v) is 2.38. The Hall–Kier alpha value is -2.69. The lowest BCUT2D eigenvalue weighted by atomic mass is 10.1. The van der Waals surface area contributed by atoms with Crippen LogP contribution in [0.1, 0.15) is 27.4 Å². The maximum absolute atomic E-state index is 12.2. The van der Waals surface area contributed by atoms with Crippen LogP contribution < -0.4 is 5.32 Å². The Kier molecular flexibility index (Phi) is 3.39. The number of fused-ring (bicyclic) bond motifs is 1. The number of carbonyl (C=O) groups is 1. The van der Waals surface area contributed by atoms with E-state index in [0.717, 1.165) is 16.5 Å². The van der Waals surface area contributed by atoms with E-state index >= 15 is 0 Å². The molecule has 0 aliphatic rings. The zero-order valence-corrected chi connectivity index (χ0v) is 11.9. The maximum atomic E-state index is 12.2. The summed E-state index contributed by atoms with van der Waals surface area (Å²) in [7, 11) is 0. The van der Waals surface area contributed by atoms with Crippen molar-refractivity contribution in [3.05, 3.63) is 59.1 Å². The van der Waals surface area contributed by atoms with Gasteiger partial charge in [-0.3, -0.25) is 9.78 Å². The molecule has 0 saturated carbocycles. The average molecular weight is 281 g/mol. The van der Waals surface area contributed by atoms with Crippen molar-refractivity contribution in [2.45, 2.75) is 20.4 Å². The fourth-order valence-electron chi connectivity index (χ4n) is 2.38. The van der Waals surface area contributed by atoms with Crippen molar-refractivity contribution in [1.82, 2.24) is 15.5 Å². The molecule has 0 bridgehead atoms. The largest absolute Gasteiger partial charge is 0.361 e. The maximum Gasteiger partial charge on any atom is 0.257 e. The van der Waals surface area contributed by atoms with Gasteiger partial charge in [-0.1, -0.05) is 29.4 Å². The molecule has 21 heavy (non-hydrogen) atoms. The lowest BCUT2D eigenvalue weighted by Gasteiger charge is -2.07. The summed E-state index contributed by atoms with van der Waals surface area (Å²) in [6, 6.07) is 9.82. The van der Waals surface area contributed by atoms with Gasteiger partial charge in [0, 0.05) is 18.1 Å². The molecule has 106 valence electrons. The molecule has 0 spiro atoms. The summed E-state index contributed by atoms with van der Waals surface area (Å²) < 4.78 is 5.02. The predicted molar refractivity (Wildman–Crippen MR) is 78.9 cm³/mol. The molecule has 0 fully saturated rings. The highest BCUT2D eigenvalue weighted by Crippen LogP contribution is 2.16. The number of nitrogens with zero attached hydrogens (tertiary/aromatic N) is 2. The zero-order valence-electron chi connectivity index (χ0n) is 11.9. The standard InChI is InChI=1S/C16H15N3O2/c1-10-14(11(2)21-19-10)16(20)18-9-13-6-3-5-12-7-4-8-17-15(12)13/h3-8H,9H2,1-2H3,(H,18,20). The lowest BCUT2D eigenvalue weighted by Crippen LogP contribution is -2.24. The molecule has 0 unspecified atom stereocenters. The van der Waals surface area contributed by atoms with E-state index in [4.69, 9.17) is 4.52 Å². The highest BCUT2D eigenvalue weighted by molar-refractivity contribution is 5.96. The van der Waals surface area contributed by atoms with Crippen LogP contribution in [-0.4, -0.2) is 16.0 Å². The number of rotatable bonds is 3. The molecule has 1 N–H and O–H groups in total. The van der Waals surface area contributed by atoms with E-state index in [1.54, 1.807) is 20.0 Å². The first-order chi connectivity index (χ1) is 10.2. The summed E-state index contributed by atoms with van der Waals surface area (Å²) in [5.74, 6) is 0.347. The molecule has 5 heteroatoms.